The molecular weight excluding hydrogens is 284 g/mol. The first kappa shape index (κ1) is 14.9. The number of sulfonamides is 1. The smallest absolute Gasteiger partial charge is 0.252 e. The predicted octanol–water partition coefficient (Wildman–Crippen LogP) is 1.40. The van der Waals surface area contributed by atoms with Crippen molar-refractivity contribution in [3.05, 3.63) is 17.0 Å². The third kappa shape index (κ3) is 3.00. The number of ether oxygens (including phenoxy) is 1. The number of piperidine rings is 1. The van der Waals surface area contributed by atoms with E-state index in [1.807, 2.05) is 6.92 Å². The van der Waals surface area contributed by atoms with Gasteiger partial charge in [0.1, 0.15) is 4.21 Å². The van der Waals surface area contributed by atoms with Crippen LogP contribution < -0.4 is 5.73 Å². The Bertz CT molecular complexity index is 541. The zero-order valence-corrected chi connectivity index (χ0v) is 12.9. The molecule has 0 aliphatic carbocycles. The lowest BCUT2D eigenvalue weighted by Gasteiger charge is -2.38. The molecule has 0 spiro atoms. The number of rotatable bonds is 4. The van der Waals surface area contributed by atoms with Gasteiger partial charge in [-0.25, -0.2) is 8.42 Å². The third-order valence-electron chi connectivity index (χ3n) is 3.58. The molecular formula is C12H20N2O3S2. The van der Waals surface area contributed by atoms with Crippen molar-refractivity contribution in [1.29, 1.82) is 0 Å². The summed E-state index contributed by atoms with van der Waals surface area (Å²) in [4.78, 5) is 0. The van der Waals surface area contributed by atoms with E-state index in [1.54, 1.807) is 18.6 Å². The average molecular weight is 304 g/mol. The lowest BCUT2D eigenvalue weighted by atomic mass is 9.96. The zero-order chi connectivity index (χ0) is 14.1. The molecule has 1 aromatic rings. The van der Waals surface area contributed by atoms with E-state index < -0.39 is 10.0 Å². The van der Waals surface area contributed by atoms with Crippen LogP contribution >= 0.6 is 11.3 Å². The Hall–Kier alpha value is -0.470. The summed E-state index contributed by atoms with van der Waals surface area (Å²) in [6, 6.07) is 1.67. The molecule has 2 heterocycles. The molecule has 19 heavy (non-hydrogen) atoms. The quantitative estimate of drug-likeness (QED) is 0.912. The molecule has 1 fully saturated rings. The Morgan fingerprint density at radius 1 is 1.58 bits per heavy atom. The molecule has 0 aromatic carbocycles. The van der Waals surface area contributed by atoms with E-state index in [1.165, 1.54) is 15.6 Å². The summed E-state index contributed by atoms with van der Waals surface area (Å²) in [6.45, 7) is 3.27. The predicted molar refractivity (Wildman–Crippen MR) is 75.6 cm³/mol. The summed E-state index contributed by atoms with van der Waals surface area (Å²) in [5.41, 5.74) is 5.99. The van der Waals surface area contributed by atoms with Gasteiger partial charge in [0.15, 0.2) is 0 Å². The lowest BCUT2D eigenvalue weighted by molar-refractivity contribution is -0.0319. The van der Waals surface area contributed by atoms with Gasteiger partial charge in [-0.05, 0) is 36.8 Å². The zero-order valence-electron chi connectivity index (χ0n) is 11.3. The standard InChI is InChI=1S/C12H20N2O3S2/c1-12(17-2)4-3-5-14(9-12)19(15,16)11-6-10(7-13)8-18-11/h6,8H,3-5,7,9,13H2,1-2H3. The summed E-state index contributed by atoms with van der Waals surface area (Å²) in [6.07, 6.45) is 1.70. The van der Waals surface area contributed by atoms with Crippen LogP contribution in [0, 0.1) is 0 Å². The van der Waals surface area contributed by atoms with Gasteiger partial charge in [-0.1, -0.05) is 0 Å². The lowest BCUT2D eigenvalue weighted by Crippen LogP contribution is -2.49. The summed E-state index contributed by atoms with van der Waals surface area (Å²) < 4.78 is 32.5. The second-order valence-corrected chi connectivity index (χ2v) is 8.15. The molecule has 5 nitrogen and oxygen atoms in total. The molecule has 1 aromatic heterocycles. The Morgan fingerprint density at radius 2 is 2.32 bits per heavy atom. The van der Waals surface area contributed by atoms with Crippen LogP contribution in [0.15, 0.2) is 15.7 Å². The molecule has 1 saturated heterocycles. The van der Waals surface area contributed by atoms with Crippen LogP contribution in [-0.4, -0.2) is 38.5 Å². The van der Waals surface area contributed by atoms with E-state index in [0.29, 0.717) is 23.8 Å². The van der Waals surface area contributed by atoms with Crippen LogP contribution in [-0.2, 0) is 21.3 Å². The van der Waals surface area contributed by atoms with Crippen molar-refractivity contribution in [3.63, 3.8) is 0 Å². The van der Waals surface area contributed by atoms with E-state index >= 15 is 0 Å². The van der Waals surface area contributed by atoms with Gasteiger partial charge in [0.25, 0.3) is 10.0 Å². The third-order valence-corrected chi connectivity index (χ3v) is 6.89. The summed E-state index contributed by atoms with van der Waals surface area (Å²) in [7, 11) is -1.78. The van der Waals surface area contributed by atoms with Gasteiger partial charge >= 0.3 is 0 Å². The van der Waals surface area contributed by atoms with Gasteiger partial charge in [0, 0.05) is 26.7 Å². The largest absolute Gasteiger partial charge is 0.377 e. The number of thiophene rings is 1. The second kappa shape index (κ2) is 5.49. The number of hydrogen-bond donors (Lipinski definition) is 1. The van der Waals surface area contributed by atoms with Crippen LogP contribution in [0.5, 0.6) is 0 Å². The van der Waals surface area contributed by atoms with Crippen LogP contribution in [0.4, 0.5) is 0 Å². The summed E-state index contributed by atoms with van der Waals surface area (Å²) in [5, 5.41) is 1.80. The second-order valence-electron chi connectivity index (χ2n) is 5.07. The van der Waals surface area contributed by atoms with Gasteiger partial charge < -0.3 is 10.5 Å². The molecule has 7 heteroatoms. The average Bonchev–Trinajstić information content (AvgIpc) is 2.88. The van der Waals surface area contributed by atoms with Crippen molar-refractivity contribution in [1.82, 2.24) is 4.31 Å². The maximum atomic E-state index is 12.6. The molecule has 108 valence electrons. The maximum absolute atomic E-state index is 12.6. The van der Waals surface area contributed by atoms with E-state index in [4.69, 9.17) is 10.5 Å². The molecule has 0 amide bonds. The molecule has 0 radical (unpaired) electrons. The first-order chi connectivity index (χ1) is 8.91. The van der Waals surface area contributed by atoms with Crippen molar-refractivity contribution in [2.45, 2.75) is 36.1 Å². The van der Waals surface area contributed by atoms with Gasteiger partial charge in [-0.2, -0.15) is 4.31 Å². The number of methoxy groups -OCH3 is 1. The monoisotopic (exact) mass is 304 g/mol. The minimum atomic E-state index is -3.42. The fourth-order valence-corrected chi connectivity index (χ4v) is 5.22. The normalized spacial score (nSPS) is 25.6. The SMILES string of the molecule is COC1(C)CCCN(S(=O)(=O)c2cc(CN)cs2)C1. The first-order valence-corrected chi connectivity index (χ1v) is 8.56. The Balaban J connectivity index is 2.24. The van der Waals surface area contributed by atoms with E-state index in [-0.39, 0.29) is 5.60 Å². The fourth-order valence-electron chi connectivity index (χ4n) is 2.26. The van der Waals surface area contributed by atoms with E-state index in [2.05, 4.69) is 0 Å². The Labute approximate surface area is 118 Å². The van der Waals surface area contributed by atoms with Crippen molar-refractivity contribution in [3.8, 4) is 0 Å². The highest BCUT2D eigenvalue weighted by molar-refractivity contribution is 7.91. The van der Waals surface area contributed by atoms with Crippen LogP contribution in [0.25, 0.3) is 0 Å². The first-order valence-electron chi connectivity index (χ1n) is 6.24. The van der Waals surface area contributed by atoms with Crippen molar-refractivity contribution in [2.24, 2.45) is 5.73 Å². The molecule has 1 atom stereocenters. The number of nitrogens with zero attached hydrogens (tertiary/aromatic N) is 1. The minimum absolute atomic E-state index is 0.363. The molecule has 1 unspecified atom stereocenters. The highest BCUT2D eigenvalue weighted by atomic mass is 32.2. The van der Waals surface area contributed by atoms with Crippen LogP contribution in [0.3, 0.4) is 0 Å². The fraction of sp³-hybridized carbons (Fsp3) is 0.667. The van der Waals surface area contributed by atoms with E-state index in [9.17, 15) is 8.42 Å². The Morgan fingerprint density at radius 3 is 2.89 bits per heavy atom. The van der Waals surface area contributed by atoms with Gasteiger partial charge in [0.2, 0.25) is 0 Å². The van der Waals surface area contributed by atoms with E-state index in [0.717, 1.165) is 18.4 Å². The molecule has 0 bridgehead atoms. The molecule has 2 rings (SSSR count). The van der Waals surface area contributed by atoms with Crippen LogP contribution in [0.1, 0.15) is 25.3 Å². The number of hydrogen-bond acceptors (Lipinski definition) is 5. The Kier molecular flexibility index (Phi) is 4.32. The van der Waals surface area contributed by atoms with Crippen molar-refractivity contribution in [2.75, 3.05) is 20.2 Å². The maximum Gasteiger partial charge on any atom is 0.252 e. The van der Waals surface area contributed by atoms with Crippen molar-refractivity contribution >= 4 is 21.4 Å². The molecule has 1 aliphatic heterocycles. The topological polar surface area (TPSA) is 72.6 Å². The highest BCUT2D eigenvalue weighted by Gasteiger charge is 2.37. The molecule has 1 aliphatic rings. The van der Waals surface area contributed by atoms with Crippen LogP contribution in [0.2, 0.25) is 0 Å². The minimum Gasteiger partial charge on any atom is -0.377 e. The van der Waals surface area contributed by atoms with Crippen molar-refractivity contribution < 1.29 is 13.2 Å². The summed E-state index contributed by atoms with van der Waals surface area (Å²) in [5.74, 6) is 0. The molecule has 0 saturated carbocycles. The van der Waals surface area contributed by atoms with Gasteiger partial charge in [0.05, 0.1) is 5.60 Å². The van der Waals surface area contributed by atoms with Gasteiger partial charge in [-0.3, -0.25) is 0 Å². The highest BCUT2D eigenvalue weighted by Crippen LogP contribution is 2.30. The summed E-state index contributed by atoms with van der Waals surface area (Å²) >= 11 is 1.23. The number of nitrogens with two attached hydrogens (primary N) is 1. The van der Waals surface area contributed by atoms with Gasteiger partial charge in [-0.15, -0.1) is 11.3 Å². The molecule has 2 N–H and O–H groups in total.